The molecule has 1 amide bonds. The first-order valence-corrected chi connectivity index (χ1v) is 5.39. The van der Waals surface area contributed by atoms with Crippen LogP contribution in [0.2, 0.25) is 0 Å². The summed E-state index contributed by atoms with van der Waals surface area (Å²) in [6, 6.07) is -0.957. The third kappa shape index (κ3) is 5.52. The molecule has 0 aromatic rings. The van der Waals surface area contributed by atoms with Gasteiger partial charge in [-0.2, -0.15) is 0 Å². The van der Waals surface area contributed by atoms with E-state index in [4.69, 9.17) is 5.73 Å². The highest BCUT2D eigenvalue weighted by molar-refractivity contribution is 5.84. The number of hydrogen-bond acceptors (Lipinski definition) is 3. The lowest BCUT2D eigenvalue weighted by molar-refractivity contribution is -0.126. The zero-order chi connectivity index (χ0) is 12.0. The highest BCUT2D eigenvalue weighted by Gasteiger charge is 2.20. The van der Waals surface area contributed by atoms with Gasteiger partial charge in [0, 0.05) is 0 Å². The first-order valence-electron chi connectivity index (χ1n) is 5.39. The van der Waals surface area contributed by atoms with Gasteiger partial charge >= 0.3 is 0 Å². The van der Waals surface area contributed by atoms with E-state index < -0.39 is 12.1 Å². The molecule has 4 nitrogen and oxygen atoms in total. The van der Waals surface area contributed by atoms with Gasteiger partial charge in [0.25, 0.3) is 0 Å². The Labute approximate surface area is 91.6 Å². The van der Waals surface area contributed by atoms with Gasteiger partial charge in [-0.15, -0.1) is 0 Å². The van der Waals surface area contributed by atoms with E-state index >= 15 is 0 Å². The van der Waals surface area contributed by atoms with Gasteiger partial charge in [-0.1, -0.05) is 27.7 Å². The summed E-state index contributed by atoms with van der Waals surface area (Å²) < 4.78 is 0. The van der Waals surface area contributed by atoms with E-state index in [0.29, 0.717) is 12.3 Å². The Balaban J connectivity index is 4.18. The van der Waals surface area contributed by atoms with Crippen LogP contribution in [-0.4, -0.2) is 24.3 Å². The van der Waals surface area contributed by atoms with Crippen LogP contribution in [0.1, 0.15) is 34.1 Å². The van der Waals surface area contributed by atoms with Crippen LogP contribution in [0.4, 0.5) is 0 Å². The average Bonchev–Trinajstić information content (AvgIpc) is 2.14. The second kappa shape index (κ2) is 6.56. The van der Waals surface area contributed by atoms with Crippen LogP contribution in [0.15, 0.2) is 0 Å². The molecule has 0 heterocycles. The Morgan fingerprint density at radius 3 is 2.20 bits per heavy atom. The number of rotatable bonds is 6. The first kappa shape index (κ1) is 14.1. The fraction of sp³-hybridized carbons (Fsp3) is 0.818. The molecule has 3 N–H and O–H groups in total. The Hall–Kier alpha value is -0.900. The minimum absolute atomic E-state index is 0.0800. The molecule has 0 saturated heterocycles. The molecule has 0 aliphatic rings. The standard InChI is InChI=1S/C11H22N2O2/c1-7(2)5-9(6-14)13-11(15)10(12)8(3)4/h6-10H,5,12H2,1-4H3,(H,13,15)/t9-,10+/m0/s1. The van der Waals surface area contributed by atoms with Crippen LogP contribution >= 0.6 is 0 Å². The largest absolute Gasteiger partial charge is 0.345 e. The molecule has 0 saturated carbocycles. The Morgan fingerprint density at radius 1 is 1.33 bits per heavy atom. The fourth-order valence-electron chi connectivity index (χ4n) is 1.24. The van der Waals surface area contributed by atoms with Crippen molar-refractivity contribution in [2.75, 3.05) is 0 Å². The van der Waals surface area contributed by atoms with Crippen molar-refractivity contribution >= 4 is 12.2 Å². The van der Waals surface area contributed by atoms with Crippen molar-refractivity contribution in [2.45, 2.75) is 46.2 Å². The molecule has 0 aromatic heterocycles. The molecule has 0 aliphatic carbocycles. The highest BCUT2D eigenvalue weighted by atomic mass is 16.2. The van der Waals surface area contributed by atoms with E-state index in [2.05, 4.69) is 5.32 Å². The molecule has 0 bridgehead atoms. The number of amides is 1. The predicted octanol–water partition coefficient (Wildman–Crippen LogP) is 0.700. The summed E-state index contributed by atoms with van der Waals surface area (Å²) in [5.74, 6) is 0.204. The summed E-state index contributed by atoms with van der Waals surface area (Å²) in [6.07, 6.45) is 1.42. The first-order chi connectivity index (χ1) is 6.88. The molecule has 0 fully saturated rings. The van der Waals surface area contributed by atoms with Crippen LogP contribution < -0.4 is 11.1 Å². The minimum atomic E-state index is -0.542. The number of aldehydes is 1. The predicted molar refractivity (Wildman–Crippen MR) is 60.3 cm³/mol. The third-order valence-electron chi connectivity index (χ3n) is 2.24. The normalized spacial score (nSPS) is 15.1. The number of carbonyl (C=O) groups is 2. The second-order valence-electron chi connectivity index (χ2n) is 4.65. The van der Waals surface area contributed by atoms with E-state index in [0.717, 1.165) is 6.29 Å². The molecule has 15 heavy (non-hydrogen) atoms. The SMILES string of the molecule is CC(C)C[C@@H](C=O)NC(=O)[C@H](N)C(C)C. The van der Waals surface area contributed by atoms with E-state index in [1.807, 2.05) is 27.7 Å². The minimum Gasteiger partial charge on any atom is -0.345 e. The molecule has 0 rings (SSSR count). The van der Waals surface area contributed by atoms with Crippen molar-refractivity contribution in [2.24, 2.45) is 17.6 Å². The zero-order valence-corrected chi connectivity index (χ0v) is 9.99. The highest BCUT2D eigenvalue weighted by Crippen LogP contribution is 2.04. The van der Waals surface area contributed by atoms with Crippen molar-refractivity contribution in [1.82, 2.24) is 5.32 Å². The molecule has 4 heteroatoms. The van der Waals surface area contributed by atoms with Crippen molar-refractivity contribution in [1.29, 1.82) is 0 Å². The number of nitrogens with two attached hydrogens (primary N) is 1. The van der Waals surface area contributed by atoms with E-state index in [1.165, 1.54) is 0 Å². The van der Waals surface area contributed by atoms with E-state index in [1.54, 1.807) is 0 Å². The summed E-state index contributed by atoms with van der Waals surface area (Å²) >= 11 is 0. The van der Waals surface area contributed by atoms with Crippen molar-refractivity contribution < 1.29 is 9.59 Å². The van der Waals surface area contributed by atoms with Crippen molar-refractivity contribution in [3.05, 3.63) is 0 Å². The Morgan fingerprint density at radius 2 is 1.87 bits per heavy atom. The second-order valence-corrected chi connectivity index (χ2v) is 4.65. The molecular weight excluding hydrogens is 192 g/mol. The lowest BCUT2D eigenvalue weighted by atomic mass is 10.0. The summed E-state index contributed by atoms with van der Waals surface area (Å²) in [5, 5.41) is 2.65. The summed E-state index contributed by atoms with van der Waals surface area (Å²) in [7, 11) is 0. The van der Waals surface area contributed by atoms with Gasteiger partial charge in [-0.3, -0.25) is 4.79 Å². The van der Waals surface area contributed by atoms with Crippen LogP contribution in [0.5, 0.6) is 0 Å². The molecule has 0 spiro atoms. The third-order valence-corrected chi connectivity index (χ3v) is 2.24. The molecule has 0 aliphatic heterocycles. The summed E-state index contributed by atoms with van der Waals surface area (Å²) in [6.45, 7) is 7.77. The maximum Gasteiger partial charge on any atom is 0.237 e. The number of nitrogens with one attached hydrogen (secondary N) is 1. The smallest absolute Gasteiger partial charge is 0.237 e. The van der Waals surface area contributed by atoms with Crippen LogP contribution in [-0.2, 0) is 9.59 Å². The van der Waals surface area contributed by atoms with Crippen molar-refractivity contribution in [3.8, 4) is 0 Å². The van der Waals surface area contributed by atoms with Gasteiger partial charge in [-0.25, -0.2) is 0 Å². The zero-order valence-electron chi connectivity index (χ0n) is 9.99. The lowest BCUT2D eigenvalue weighted by Crippen LogP contribution is -2.48. The maximum absolute atomic E-state index is 11.5. The van der Waals surface area contributed by atoms with E-state index in [9.17, 15) is 9.59 Å². The van der Waals surface area contributed by atoms with Crippen molar-refractivity contribution in [3.63, 3.8) is 0 Å². The van der Waals surface area contributed by atoms with Gasteiger partial charge in [0.05, 0.1) is 12.1 Å². The summed E-state index contributed by atoms with van der Waals surface area (Å²) in [4.78, 5) is 22.3. The van der Waals surface area contributed by atoms with Crippen LogP contribution in [0, 0.1) is 11.8 Å². The topological polar surface area (TPSA) is 72.2 Å². The molecule has 0 aromatic carbocycles. The quantitative estimate of drug-likeness (QED) is 0.639. The lowest BCUT2D eigenvalue weighted by Gasteiger charge is -2.19. The molecule has 0 radical (unpaired) electrons. The van der Waals surface area contributed by atoms with Gasteiger partial charge < -0.3 is 15.8 Å². The fourth-order valence-corrected chi connectivity index (χ4v) is 1.24. The summed E-state index contributed by atoms with van der Waals surface area (Å²) in [5.41, 5.74) is 5.67. The van der Waals surface area contributed by atoms with Crippen LogP contribution in [0.3, 0.4) is 0 Å². The van der Waals surface area contributed by atoms with E-state index in [-0.39, 0.29) is 11.8 Å². The Bertz CT molecular complexity index is 215. The van der Waals surface area contributed by atoms with Gasteiger partial charge in [0.1, 0.15) is 6.29 Å². The monoisotopic (exact) mass is 214 g/mol. The van der Waals surface area contributed by atoms with Gasteiger partial charge in [0.2, 0.25) is 5.91 Å². The molecule has 88 valence electrons. The molecule has 0 unspecified atom stereocenters. The number of carbonyl (C=O) groups excluding carboxylic acids is 2. The number of hydrogen-bond donors (Lipinski definition) is 2. The maximum atomic E-state index is 11.5. The molecule has 2 atom stereocenters. The van der Waals surface area contributed by atoms with Crippen LogP contribution in [0.25, 0.3) is 0 Å². The van der Waals surface area contributed by atoms with Gasteiger partial charge in [0.15, 0.2) is 0 Å². The van der Waals surface area contributed by atoms with Gasteiger partial charge in [-0.05, 0) is 18.3 Å². The average molecular weight is 214 g/mol. The Kier molecular flexibility index (Phi) is 6.17. The molecular formula is C11H22N2O2.